The number of ether oxygens (including phenoxy) is 3. The van der Waals surface area contributed by atoms with E-state index in [0.717, 1.165) is 5.56 Å². The lowest BCUT2D eigenvalue weighted by Crippen LogP contribution is -2.48. The number of nitrogens with one attached hydrogen (secondary N) is 3. The zero-order valence-corrected chi connectivity index (χ0v) is 33.4. The predicted molar refractivity (Wildman–Crippen MR) is 212 cm³/mol. The highest BCUT2D eigenvalue weighted by atomic mass is 35.5. The van der Waals surface area contributed by atoms with E-state index < -0.39 is 53.7 Å². The van der Waals surface area contributed by atoms with Crippen molar-refractivity contribution in [2.75, 3.05) is 26.7 Å². The number of benzene rings is 3. The molecule has 0 bridgehead atoms. The fourth-order valence-electron chi connectivity index (χ4n) is 7.55. The van der Waals surface area contributed by atoms with Crippen molar-refractivity contribution in [2.24, 2.45) is 11.7 Å². The number of fused-ring (bicyclic) bond motifs is 1. The van der Waals surface area contributed by atoms with Crippen LogP contribution in [0.3, 0.4) is 0 Å². The van der Waals surface area contributed by atoms with Gasteiger partial charge < -0.3 is 35.9 Å². The first-order valence-corrected chi connectivity index (χ1v) is 19.2. The minimum Gasteiger partial charge on any atom is -0.494 e. The summed E-state index contributed by atoms with van der Waals surface area (Å²) in [5, 5.41) is 8.00. The zero-order chi connectivity index (χ0) is 41.7. The van der Waals surface area contributed by atoms with Crippen LogP contribution in [0.1, 0.15) is 82.4 Å². The molecular weight excluding hydrogens is 764 g/mol. The van der Waals surface area contributed by atoms with Gasteiger partial charge in [-0.05, 0) is 64.2 Å². The molecule has 0 saturated heterocycles. The lowest BCUT2D eigenvalue weighted by Gasteiger charge is -2.37. The molecule has 1 heterocycles. The molecule has 9 nitrogen and oxygen atoms in total. The maximum Gasteiger partial charge on any atom is 0.407 e. The maximum atomic E-state index is 16.4. The molecule has 0 spiro atoms. The van der Waals surface area contributed by atoms with Crippen LogP contribution in [0.4, 0.5) is 22.4 Å². The summed E-state index contributed by atoms with van der Waals surface area (Å²) in [6.45, 7) is 5.90. The second-order valence-corrected chi connectivity index (χ2v) is 15.9. The molecule has 1 aliphatic heterocycles. The van der Waals surface area contributed by atoms with Crippen molar-refractivity contribution in [1.82, 2.24) is 16.0 Å². The quantitative estimate of drug-likeness (QED) is 0.101. The number of alkyl halides is 2. The summed E-state index contributed by atoms with van der Waals surface area (Å²) in [6.07, 6.45) is 7.46. The Morgan fingerprint density at radius 2 is 1.75 bits per heavy atom. The van der Waals surface area contributed by atoms with Crippen LogP contribution in [0.15, 0.2) is 54.6 Å². The SMILES string of the molecule is C#C/C=C(\N)c1ccc(OC)c(F)c1-c1c(Cl)c(F)cc2c1[C@H](C)[C@@](CNC1CCC(C(=O)NCCC(F)(F)CNC(=O)OC(C)(C)C)CC1)(c1ccccc1)O2. The number of nitrogens with two attached hydrogens (primary N) is 1. The number of hydrogen-bond donors (Lipinski definition) is 4. The number of halogens is 5. The van der Waals surface area contributed by atoms with Gasteiger partial charge in [-0.1, -0.05) is 54.8 Å². The van der Waals surface area contributed by atoms with E-state index in [1.165, 1.54) is 25.3 Å². The third-order valence-corrected chi connectivity index (χ3v) is 10.8. The van der Waals surface area contributed by atoms with E-state index in [2.05, 4.69) is 21.9 Å². The molecule has 0 unspecified atom stereocenters. The van der Waals surface area contributed by atoms with Crippen molar-refractivity contribution < 1.29 is 41.4 Å². The molecule has 14 heteroatoms. The van der Waals surface area contributed by atoms with Crippen LogP contribution in [-0.2, 0) is 15.1 Å². The number of alkyl carbamates (subject to hydrolysis) is 1. The summed E-state index contributed by atoms with van der Waals surface area (Å²) in [4.78, 5) is 24.8. The molecule has 2 aliphatic rings. The van der Waals surface area contributed by atoms with Crippen LogP contribution >= 0.6 is 11.6 Å². The molecule has 2 atom stereocenters. The van der Waals surface area contributed by atoms with Gasteiger partial charge in [-0.15, -0.1) is 6.42 Å². The first-order chi connectivity index (χ1) is 26.9. The van der Waals surface area contributed by atoms with E-state index in [9.17, 15) is 18.4 Å². The standard InChI is InChI=1S/C43H49ClF4N4O5/c1-7-11-31(49)29-18-19-32(55-6)38(46)35(29)36-34-25(2)43(27-12-9-8-10-13-27,56-33(34)22-30(45)37(36)44)24-51-28-16-14-26(15-17-28)39(53)50-21-20-42(47,48)23-52-40(54)57-41(3,4)5/h1,8-13,18-19,22,25-26,28,51H,14-17,20-21,23-24,49H2,2-6H3,(H,50,53)(H,52,54)/b31-11-/t25-,26?,28?,43-/m0/s1. The molecule has 1 aliphatic carbocycles. The number of rotatable bonds is 13. The second-order valence-electron chi connectivity index (χ2n) is 15.5. The van der Waals surface area contributed by atoms with Gasteiger partial charge in [0.05, 0.1) is 18.7 Å². The van der Waals surface area contributed by atoms with Crippen molar-refractivity contribution in [2.45, 2.75) is 88.9 Å². The molecule has 1 fully saturated rings. The van der Waals surface area contributed by atoms with Gasteiger partial charge in [0.25, 0.3) is 5.92 Å². The lowest BCUT2D eigenvalue weighted by atomic mass is 9.77. The molecular formula is C43H49ClF4N4O5. The van der Waals surface area contributed by atoms with E-state index in [4.69, 9.17) is 38.0 Å². The Kier molecular flexibility index (Phi) is 13.4. The van der Waals surface area contributed by atoms with Crippen molar-refractivity contribution in [3.63, 3.8) is 0 Å². The Balaban J connectivity index is 1.31. The molecule has 1 saturated carbocycles. The minimum atomic E-state index is -3.24. The van der Waals surface area contributed by atoms with Crippen molar-refractivity contribution in [1.29, 1.82) is 0 Å². The van der Waals surface area contributed by atoms with Crippen LogP contribution < -0.4 is 31.2 Å². The van der Waals surface area contributed by atoms with E-state index in [0.29, 0.717) is 31.2 Å². The Morgan fingerprint density at radius 1 is 1.07 bits per heavy atom. The van der Waals surface area contributed by atoms with Crippen LogP contribution in [-0.4, -0.2) is 56.3 Å². The van der Waals surface area contributed by atoms with Gasteiger partial charge in [0.2, 0.25) is 5.91 Å². The molecule has 2 amide bonds. The van der Waals surface area contributed by atoms with Gasteiger partial charge in [-0.3, -0.25) is 4.79 Å². The van der Waals surface area contributed by atoms with Crippen LogP contribution in [0.25, 0.3) is 16.8 Å². The topological polar surface area (TPSA) is 124 Å². The van der Waals surface area contributed by atoms with Crippen molar-refractivity contribution in [3.05, 3.63) is 88.0 Å². The summed E-state index contributed by atoms with van der Waals surface area (Å²) in [5.41, 5.74) is 5.91. The number of methoxy groups -OCH3 is 1. The molecule has 306 valence electrons. The summed E-state index contributed by atoms with van der Waals surface area (Å²) >= 11 is 6.73. The monoisotopic (exact) mass is 812 g/mol. The van der Waals surface area contributed by atoms with Crippen LogP contribution in [0.5, 0.6) is 11.5 Å². The molecule has 5 rings (SSSR count). The van der Waals surface area contributed by atoms with Crippen molar-refractivity contribution in [3.8, 4) is 35.0 Å². The Labute approximate surface area is 336 Å². The highest BCUT2D eigenvalue weighted by Crippen LogP contribution is 2.56. The Morgan fingerprint density at radius 3 is 2.39 bits per heavy atom. The third-order valence-electron chi connectivity index (χ3n) is 10.5. The number of carbonyl (C=O) groups excluding carboxylic acids is 2. The van der Waals surface area contributed by atoms with Gasteiger partial charge in [-0.25, -0.2) is 22.4 Å². The molecule has 5 N–H and O–H groups in total. The number of allylic oxidation sites excluding steroid dienone is 1. The minimum absolute atomic E-state index is 0.0339. The van der Waals surface area contributed by atoms with Crippen LogP contribution in [0, 0.1) is 29.9 Å². The summed E-state index contributed by atoms with van der Waals surface area (Å²) in [6, 6.07) is 13.5. The van der Waals surface area contributed by atoms with Gasteiger partial charge in [-0.2, -0.15) is 0 Å². The fourth-order valence-corrected chi connectivity index (χ4v) is 7.80. The number of hydrogen-bond acceptors (Lipinski definition) is 7. The summed E-state index contributed by atoms with van der Waals surface area (Å²) < 4.78 is 78.0. The van der Waals surface area contributed by atoms with Gasteiger partial charge in [0, 0.05) is 77.5 Å². The lowest BCUT2D eigenvalue weighted by molar-refractivity contribution is -0.126. The van der Waals surface area contributed by atoms with E-state index in [1.54, 1.807) is 26.8 Å². The first-order valence-electron chi connectivity index (χ1n) is 18.8. The second kappa shape index (κ2) is 17.7. The molecule has 3 aromatic rings. The smallest absolute Gasteiger partial charge is 0.407 e. The molecule has 3 aromatic carbocycles. The normalized spacial score (nSPS) is 20.9. The molecule has 57 heavy (non-hydrogen) atoms. The number of amides is 2. The fraction of sp³-hybridized carbons (Fsp3) is 0.442. The summed E-state index contributed by atoms with van der Waals surface area (Å²) in [5.74, 6) is -3.61. The summed E-state index contributed by atoms with van der Waals surface area (Å²) in [7, 11) is 1.32. The zero-order valence-electron chi connectivity index (χ0n) is 32.7. The van der Waals surface area contributed by atoms with Crippen LogP contribution in [0.2, 0.25) is 5.02 Å². The van der Waals surface area contributed by atoms with Crippen molar-refractivity contribution >= 4 is 29.3 Å². The maximum absolute atomic E-state index is 16.4. The highest BCUT2D eigenvalue weighted by molar-refractivity contribution is 6.34. The van der Waals surface area contributed by atoms with Gasteiger partial charge in [0.15, 0.2) is 17.2 Å². The van der Waals surface area contributed by atoms with E-state index in [-0.39, 0.29) is 69.9 Å². The largest absolute Gasteiger partial charge is 0.494 e. The number of carbonyl (C=O) groups is 2. The average Bonchev–Trinajstić information content (AvgIpc) is 3.44. The molecule has 0 radical (unpaired) electrons. The number of terminal acetylenes is 1. The first kappa shape index (κ1) is 43.2. The van der Waals surface area contributed by atoms with Gasteiger partial charge >= 0.3 is 6.09 Å². The van der Waals surface area contributed by atoms with Gasteiger partial charge in [0.1, 0.15) is 17.2 Å². The Bertz CT molecular complexity index is 2030. The molecule has 0 aromatic heterocycles. The average molecular weight is 813 g/mol. The predicted octanol–water partition coefficient (Wildman–Crippen LogP) is 8.43. The highest BCUT2D eigenvalue weighted by Gasteiger charge is 2.50. The van der Waals surface area contributed by atoms with E-state index >= 15 is 8.78 Å². The van der Waals surface area contributed by atoms with E-state index in [1.807, 2.05) is 37.3 Å². The third kappa shape index (κ3) is 9.79. The Hall–Kier alpha value is -4.93.